The molecule has 0 unspecified atom stereocenters. The number of amides is 1. The number of carbonyl (C=O) groups is 1. The molecule has 0 radical (unpaired) electrons. The van der Waals surface area contributed by atoms with Crippen LogP contribution in [0.3, 0.4) is 0 Å². The van der Waals surface area contributed by atoms with Gasteiger partial charge in [-0.3, -0.25) is 4.79 Å². The number of hydrogen-bond acceptors (Lipinski definition) is 1. The van der Waals surface area contributed by atoms with Crippen LogP contribution in [0.1, 0.15) is 12.5 Å². The monoisotopic (exact) mass is 219 g/mol. The minimum Gasteiger partial charge on any atom is -0.337 e. The zero-order valence-corrected chi connectivity index (χ0v) is 9.24. The Morgan fingerprint density at radius 3 is 2.69 bits per heavy atom. The van der Waals surface area contributed by atoms with E-state index in [1.165, 1.54) is 12.1 Å². The summed E-state index contributed by atoms with van der Waals surface area (Å²) in [5.41, 5.74) is 0.424. The second-order valence-corrected chi connectivity index (χ2v) is 4.44. The summed E-state index contributed by atoms with van der Waals surface area (Å²) in [5, 5.41) is 0. The summed E-state index contributed by atoms with van der Waals surface area (Å²) in [7, 11) is 0. The maximum absolute atomic E-state index is 13.6. The lowest BCUT2D eigenvalue weighted by atomic mass is 9.75. The van der Waals surface area contributed by atoms with Crippen molar-refractivity contribution in [3.05, 3.63) is 48.3 Å². The third-order valence-electron chi connectivity index (χ3n) is 3.09. The van der Waals surface area contributed by atoms with Crippen molar-refractivity contribution in [2.75, 3.05) is 13.1 Å². The molecule has 0 saturated carbocycles. The van der Waals surface area contributed by atoms with Gasteiger partial charge in [0, 0.05) is 18.5 Å². The molecule has 2 nitrogen and oxygen atoms in total. The van der Waals surface area contributed by atoms with E-state index in [9.17, 15) is 9.18 Å². The van der Waals surface area contributed by atoms with Gasteiger partial charge in [0.05, 0.1) is 0 Å². The summed E-state index contributed by atoms with van der Waals surface area (Å²) >= 11 is 0. The molecule has 0 aromatic heterocycles. The van der Waals surface area contributed by atoms with Gasteiger partial charge in [-0.05, 0) is 17.7 Å². The molecule has 1 aliphatic heterocycles. The Balaban J connectivity index is 2.17. The summed E-state index contributed by atoms with van der Waals surface area (Å²) in [6.07, 6.45) is 1.29. The molecule has 1 amide bonds. The maximum Gasteiger partial charge on any atom is 0.246 e. The molecular formula is C13H14FNO. The largest absolute Gasteiger partial charge is 0.337 e. The first-order valence-corrected chi connectivity index (χ1v) is 5.23. The van der Waals surface area contributed by atoms with Crippen LogP contribution in [0.5, 0.6) is 0 Å². The first-order valence-electron chi connectivity index (χ1n) is 5.23. The second kappa shape index (κ2) is 3.74. The number of benzene rings is 1. The molecule has 1 fully saturated rings. The van der Waals surface area contributed by atoms with Gasteiger partial charge in [0.15, 0.2) is 0 Å². The average molecular weight is 219 g/mol. The van der Waals surface area contributed by atoms with Crippen LogP contribution in [0.2, 0.25) is 0 Å². The van der Waals surface area contributed by atoms with Crippen LogP contribution >= 0.6 is 0 Å². The van der Waals surface area contributed by atoms with E-state index in [1.54, 1.807) is 17.0 Å². The molecule has 16 heavy (non-hydrogen) atoms. The number of rotatable bonds is 2. The van der Waals surface area contributed by atoms with E-state index in [2.05, 4.69) is 6.58 Å². The lowest BCUT2D eigenvalue weighted by Gasteiger charge is -2.48. The number of halogens is 1. The van der Waals surface area contributed by atoms with Crippen molar-refractivity contribution < 1.29 is 9.18 Å². The van der Waals surface area contributed by atoms with Crippen molar-refractivity contribution in [3.8, 4) is 0 Å². The number of carbonyl (C=O) groups excluding carboxylic acids is 1. The van der Waals surface area contributed by atoms with Gasteiger partial charge in [0.25, 0.3) is 0 Å². The molecule has 0 atom stereocenters. The molecular weight excluding hydrogens is 205 g/mol. The fraction of sp³-hybridized carbons (Fsp3) is 0.308. The van der Waals surface area contributed by atoms with Gasteiger partial charge in [-0.25, -0.2) is 4.39 Å². The average Bonchev–Trinajstić information content (AvgIpc) is 2.24. The lowest BCUT2D eigenvalue weighted by Crippen LogP contribution is -2.59. The molecule has 3 heteroatoms. The Morgan fingerprint density at radius 1 is 1.50 bits per heavy atom. The van der Waals surface area contributed by atoms with Gasteiger partial charge in [0.1, 0.15) is 5.82 Å². The molecule has 1 aromatic carbocycles. The Morgan fingerprint density at radius 2 is 2.12 bits per heavy atom. The topological polar surface area (TPSA) is 20.3 Å². The van der Waals surface area contributed by atoms with Crippen LogP contribution in [-0.4, -0.2) is 23.9 Å². The van der Waals surface area contributed by atoms with Crippen molar-refractivity contribution in [3.63, 3.8) is 0 Å². The smallest absolute Gasteiger partial charge is 0.246 e. The highest BCUT2D eigenvalue weighted by molar-refractivity contribution is 5.88. The summed E-state index contributed by atoms with van der Waals surface area (Å²) in [6, 6.07) is 6.73. The molecule has 1 saturated heterocycles. The minimum absolute atomic E-state index is 0.0891. The SMILES string of the molecule is C=CC(=O)N1CC(C)(c2ccccc2F)C1. The van der Waals surface area contributed by atoms with Crippen molar-refractivity contribution in [2.45, 2.75) is 12.3 Å². The molecule has 0 bridgehead atoms. The van der Waals surface area contributed by atoms with E-state index in [0.29, 0.717) is 18.7 Å². The molecule has 0 N–H and O–H groups in total. The predicted molar refractivity (Wildman–Crippen MR) is 60.5 cm³/mol. The molecule has 84 valence electrons. The fourth-order valence-electron chi connectivity index (χ4n) is 2.20. The summed E-state index contributed by atoms with van der Waals surface area (Å²) in [5.74, 6) is -0.287. The van der Waals surface area contributed by atoms with Crippen molar-refractivity contribution >= 4 is 5.91 Å². The quantitative estimate of drug-likeness (QED) is 0.698. The molecule has 2 rings (SSSR count). The van der Waals surface area contributed by atoms with E-state index in [4.69, 9.17) is 0 Å². The highest BCUT2D eigenvalue weighted by atomic mass is 19.1. The van der Waals surface area contributed by atoms with Gasteiger partial charge in [-0.15, -0.1) is 0 Å². The van der Waals surface area contributed by atoms with Crippen LogP contribution in [-0.2, 0) is 10.2 Å². The first-order chi connectivity index (χ1) is 7.57. The van der Waals surface area contributed by atoms with Gasteiger partial charge in [-0.2, -0.15) is 0 Å². The number of likely N-dealkylation sites (tertiary alicyclic amines) is 1. The Labute approximate surface area is 94.4 Å². The Bertz CT molecular complexity index is 435. The standard InChI is InChI=1S/C13H14FNO/c1-3-12(16)15-8-13(2,9-15)10-6-4-5-7-11(10)14/h3-7H,1,8-9H2,2H3. The number of nitrogens with zero attached hydrogens (tertiary/aromatic N) is 1. The zero-order chi connectivity index (χ0) is 11.8. The highest BCUT2D eigenvalue weighted by Crippen LogP contribution is 2.35. The van der Waals surface area contributed by atoms with E-state index in [1.807, 2.05) is 13.0 Å². The van der Waals surface area contributed by atoms with Crippen LogP contribution in [0.15, 0.2) is 36.9 Å². The molecule has 1 heterocycles. The summed E-state index contributed by atoms with van der Waals surface area (Å²) < 4.78 is 13.6. The van der Waals surface area contributed by atoms with E-state index in [-0.39, 0.29) is 17.1 Å². The fourth-order valence-corrected chi connectivity index (χ4v) is 2.20. The van der Waals surface area contributed by atoms with E-state index < -0.39 is 0 Å². The lowest BCUT2D eigenvalue weighted by molar-refractivity contribution is -0.133. The third-order valence-corrected chi connectivity index (χ3v) is 3.09. The third kappa shape index (κ3) is 1.62. The summed E-state index contributed by atoms with van der Waals surface area (Å²) in [6.45, 7) is 6.52. The van der Waals surface area contributed by atoms with Crippen LogP contribution in [0.4, 0.5) is 4.39 Å². The van der Waals surface area contributed by atoms with Crippen molar-refractivity contribution in [2.24, 2.45) is 0 Å². The number of hydrogen-bond donors (Lipinski definition) is 0. The van der Waals surface area contributed by atoms with Crippen LogP contribution < -0.4 is 0 Å². The second-order valence-electron chi connectivity index (χ2n) is 4.44. The molecule has 0 spiro atoms. The van der Waals surface area contributed by atoms with Gasteiger partial charge in [-0.1, -0.05) is 31.7 Å². The molecule has 1 aromatic rings. The maximum atomic E-state index is 13.6. The predicted octanol–water partition coefficient (Wildman–Crippen LogP) is 2.11. The normalized spacial score (nSPS) is 17.8. The Hall–Kier alpha value is -1.64. The summed E-state index contributed by atoms with van der Waals surface area (Å²) in [4.78, 5) is 13.0. The molecule has 0 aliphatic carbocycles. The zero-order valence-electron chi connectivity index (χ0n) is 9.24. The van der Waals surface area contributed by atoms with Crippen LogP contribution in [0, 0.1) is 5.82 Å². The highest BCUT2D eigenvalue weighted by Gasteiger charge is 2.43. The van der Waals surface area contributed by atoms with Gasteiger partial charge < -0.3 is 4.90 Å². The first kappa shape index (κ1) is 10.9. The Kier molecular flexibility index (Phi) is 2.54. The van der Waals surface area contributed by atoms with E-state index in [0.717, 1.165) is 0 Å². The van der Waals surface area contributed by atoms with Gasteiger partial charge in [0.2, 0.25) is 5.91 Å². The van der Waals surface area contributed by atoms with Crippen LogP contribution in [0.25, 0.3) is 0 Å². The van der Waals surface area contributed by atoms with Gasteiger partial charge >= 0.3 is 0 Å². The van der Waals surface area contributed by atoms with E-state index >= 15 is 0 Å². The molecule has 1 aliphatic rings. The minimum atomic E-state index is -0.260. The van der Waals surface area contributed by atoms with Crippen molar-refractivity contribution in [1.82, 2.24) is 4.90 Å². The van der Waals surface area contributed by atoms with Crippen molar-refractivity contribution in [1.29, 1.82) is 0 Å².